The maximum atomic E-state index is 12.2. The van der Waals surface area contributed by atoms with E-state index in [0.29, 0.717) is 11.6 Å². The number of methoxy groups -OCH3 is 1. The first-order chi connectivity index (χ1) is 12.9. The molecule has 0 spiro atoms. The van der Waals surface area contributed by atoms with Crippen LogP contribution in [0.3, 0.4) is 0 Å². The average molecular weight is 388 g/mol. The SMILES string of the molecule is COc1cc(C)nc(Oc2ccc(OS(=O)(=O)c3ccc(C)cc3)nn2)n1. The van der Waals surface area contributed by atoms with E-state index >= 15 is 0 Å². The van der Waals surface area contributed by atoms with Crippen LogP contribution in [0.5, 0.6) is 23.7 Å². The monoisotopic (exact) mass is 388 g/mol. The Bertz CT molecular complexity index is 1040. The van der Waals surface area contributed by atoms with Gasteiger partial charge >= 0.3 is 16.1 Å². The van der Waals surface area contributed by atoms with Crippen molar-refractivity contribution in [1.29, 1.82) is 0 Å². The van der Waals surface area contributed by atoms with E-state index in [9.17, 15) is 8.42 Å². The maximum Gasteiger partial charge on any atom is 0.340 e. The fourth-order valence-electron chi connectivity index (χ4n) is 2.03. The molecule has 0 radical (unpaired) electrons. The zero-order valence-electron chi connectivity index (χ0n) is 14.8. The Hall–Kier alpha value is -3.27. The van der Waals surface area contributed by atoms with Crippen LogP contribution in [0.15, 0.2) is 47.4 Å². The van der Waals surface area contributed by atoms with Crippen LogP contribution in [0.2, 0.25) is 0 Å². The standard InChI is InChI=1S/C17H16N4O5S/c1-11-4-6-13(7-5-11)27(22,23)26-15-9-8-14(20-21-15)25-17-18-12(2)10-16(19-17)24-3/h4-10H,1-3H3. The summed E-state index contributed by atoms with van der Waals surface area (Å²) in [6.07, 6.45) is 0. The minimum absolute atomic E-state index is 0.0236. The number of benzene rings is 1. The van der Waals surface area contributed by atoms with Crippen LogP contribution >= 0.6 is 0 Å². The topological polar surface area (TPSA) is 113 Å². The molecule has 0 unspecified atom stereocenters. The average Bonchev–Trinajstić information content (AvgIpc) is 2.63. The summed E-state index contributed by atoms with van der Waals surface area (Å²) in [6, 6.07) is 10.7. The number of ether oxygens (including phenoxy) is 2. The molecule has 3 rings (SSSR count). The van der Waals surface area contributed by atoms with Gasteiger partial charge in [-0.2, -0.15) is 18.4 Å². The molecule has 0 N–H and O–H groups in total. The van der Waals surface area contributed by atoms with Crippen LogP contribution in [0, 0.1) is 13.8 Å². The molecular formula is C17H16N4O5S. The Morgan fingerprint density at radius 2 is 1.52 bits per heavy atom. The number of nitrogens with zero attached hydrogens (tertiary/aromatic N) is 4. The fourth-order valence-corrected chi connectivity index (χ4v) is 2.91. The van der Waals surface area contributed by atoms with Gasteiger partial charge in [-0.3, -0.25) is 0 Å². The van der Waals surface area contributed by atoms with Gasteiger partial charge in [0.15, 0.2) is 0 Å². The second-order valence-corrected chi connectivity index (χ2v) is 7.04. The molecule has 0 saturated heterocycles. The zero-order valence-corrected chi connectivity index (χ0v) is 15.6. The first-order valence-electron chi connectivity index (χ1n) is 7.78. The van der Waals surface area contributed by atoms with Crippen molar-refractivity contribution in [3.05, 3.63) is 53.7 Å². The lowest BCUT2D eigenvalue weighted by atomic mass is 10.2. The van der Waals surface area contributed by atoms with Crippen molar-refractivity contribution in [3.63, 3.8) is 0 Å². The van der Waals surface area contributed by atoms with Gasteiger partial charge in [0.25, 0.3) is 5.88 Å². The summed E-state index contributed by atoms with van der Waals surface area (Å²) < 4.78 is 39.9. The molecule has 9 nitrogen and oxygen atoms in total. The van der Waals surface area contributed by atoms with Gasteiger partial charge in [-0.25, -0.2) is 0 Å². The highest BCUT2D eigenvalue weighted by Crippen LogP contribution is 2.21. The minimum atomic E-state index is -4.00. The lowest BCUT2D eigenvalue weighted by Gasteiger charge is -2.07. The van der Waals surface area contributed by atoms with Crippen molar-refractivity contribution in [1.82, 2.24) is 20.2 Å². The Balaban J connectivity index is 1.73. The Morgan fingerprint density at radius 1 is 0.852 bits per heavy atom. The number of hydrogen-bond donors (Lipinski definition) is 0. The Morgan fingerprint density at radius 3 is 2.15 bits per heavy atom. The number of hydrogen-bond acceptors (Lipinski definition) is 9. The van der Waals surface area contributed by atoms with Crippen LogP contribution in [-0.4, -0.2) is 35.7 Å². The molecule has 27 heavy (non-hydrogen) atoms. The zero-order chi connectivity index (χ0) is 19.4. The van der Waals surface area contributed by atoms with E-state index in [1.54, 1.807) is 25.1 Å². The van der Waals surface area contributed by atoms with Crippen molar-refractivity contribution in [2.75, 3.05) is 7.11 Å². The molecule has 0 bridgehead atoms. The first-order valence-corrected chi connectivity index (χ1v) is 9.19. The van der Waals surface area contributed by atoms with Crippen LogP contribution in [0.25, 0.3) is 0 Å². The van der Waals surface area contributed by atoms with Gasteiger partial charge < -0.3 is 13.7 Å². The Kier molecular flexibility index (Phi) is 5.17. The summed E-state index contributed by atoms with van der Waals surface area (Å²) in [5, 5.41) is 7.47. The Labute approximate surface area is 156 Å². The molecular weight excluding hydrogens is 372 g/mol. The van der Waals surface area contributed by atoms with Gasteiger partial charge in [0.2, 0.25) is 11.8 Å². The van der Waals surface area contributed by atoms with Gasteiger partial charge in [-0.05, 0) is 26.0 Å². The van der Waals surface area contributed by atoms with E-state index in [0.717, 1.165) is 5.56 Å². The van der Waals surface area contributed by atoms with Gasteiger partial charge in [-0.15, -0.1) is 10.2 Å². The first kappa shape index (κ1) is 18.5. The van der Waals surface area contributed by atoms with Gasteiger partial charge in [0.1, 0.15) is 4.90 Å². The van der Waals surface area contributed by atoms with Crippen molar-refractivity contribution in [2.45, 2.75) is 18.7 Å². The van der Waals surface area contributed by atoms with Crippen molar-refractivity contribution in [2.24, 2.45) is 0 Å². The maximum absolute atomic E-state index is 12.2. The highest BCUT2D eigenvalue weighted by atomic mass is 32.2. The van der Waals surface area contributed by atoms with E-state index < -0.39 is 10.1 Å². The second kappa shape index (κ2) is 7.54. The van der Waals surface area contributed by atoms with Crippen LogP contribution in [0.1, 0.15) is 11.3 Å². The summed E-state index contributed by atoms with van der Waals surface area (Å²) in [5.74, 6) is 0.225. The van der Waals surface area contributed by atoms with Gasteiger partial charge in [0, 0.05) is 23.9 Å². The number of aromatic nitrogens is 4. The summed E-state index contributed by atoms with van der Waals surface area (Å²) in [7, 11) is -2.52. The van der Waals surface area contributed by atoms with E-state index in [1.165, 1.54) is 31.4 Å². The lowest BCUT2D eigenvalue weighted by Crippen LogP contribution is -2.11. The third-order valence-corrected chi connectivity index (χ3v) is 4.58. The van der Waals surface area contributed by atoms with Gasteiger partial charge in [0.05, 0.1) is 7.11 Å². The quantitative estimate of drug-likeness (QED) is 0.587. The molecule has 0 fully saturated rings. The molecule has 10 heteroatoms. The van der Waals surface area contributed by atoms with E-state index in [1.807, 2.05) is 6.92 Å². The molecule has 0 aliphatic heterocycles. The molecule has 1 aromatic carbocycles. The largest absolute Gasteiger partial charge is 0.481 e. The molecule has 0 amide bonds. The molecule has 0 atom stereocenters. The number of rotatable bonds is 6. The fraction of sp³-hybridized carbons (Fsp3) is 0.176. The van der Waals surface area contributed by atoms with Gasteiger partial charge in [-0.1, -0.05) is 17.7 Å². The summed E-state index contributed by atoms with van der Waals surface area (Å²) in [4.78, 5) is 8.15. The normalized spacial score (nSPS) is 11.1. The highest BCUT2D eigenvalue weighted by Gasteiger charge is 2.17. The van der Waals surface area contributed by atoms with E-state index in [4.69, 9.17) is 13.7 Å². The molecule has 140 valence electrons. The van der Waals surface area contributed by atoms with E-state index in [-0.39, 0.29) is 22.7 Å². The molecule has 3 aromatic rings. The third kappa shape index (κ3) is 4.67. The minimum Gasteiger partial charge on any atom is -0.481 e. The molecule has 0 saturated carbocycles. The van der Waals surface area contributed by atoms with E-state index in [2.05, 4.69) is 20.2 Å². The van der Waals surface area contributed by atoms with Crippen LogP contribution in [-0.2, 0) is 10.1 Å². The predicted molar refractivity (Wildman–Crippen MR) is 94.4 cm³/mol. The van der Waals surface area contributed by atoms with Crippen molar-refractivity contribution >= 4 is 10.1 Å². The molecule has 2 heterocycles. The summed E-state index contributed by atoms with van der Waals surface area (Å²) >= 11 is 0. The molecule has 2 aromatic heterocycles. The molecule has 0 aliphatic rings. The predicted octanol–water partition coefficient (Wildman–Crippen LogP) is 2.45. The van der Waals surface area contributed by atoms with Crippen LogP contribution < -0.4 is 13.7 Å². The summed E-state index contributed by atoms with van der Waals surface area (Å²) in [6.45, 7) is 3.62. The van der Waals surface area contributed by atoms with Crippen molar-refractivity contribution in [3.8, 4) is 23.7 Å². The molecule has 0 aliphatic carbocycles. The smallest absolute Gasteiger partial charge is 0.340 e. The number of aryl methyl sites for hydroxylation is 2. The van der Waals surface area contributed by atoms with Crippen molar-refractivity contribution < 1.29 is 22.1 Å². The lowest BCUT2D eigenvalue weighted by molar-refractivity contribution is 0.368. The highest BCUT2D eigenvalue weighted by molar-refractivity contribution is 7.87. The third-order valence-electron chi connectivity index (χ3n) is 3.34. The second-order valence-electron chi connectivity index (χ2n) is 5.50. The summed E-state index contributed by atoms with van der Waals surface area (Å²) in [5.41, 5.74) is 1.58. The van der Waals surface area contributed by atoms with Crippen LogP contribution in [0.4, 0.5) is 0 Å².